The lowest BCUT2D eigenvalue weighted by Gasteiger charge is -2.15. The second-order valence-electron chi connectivity index (χ2n) is 6.68. The average Bonchev–Trinajstić information content (AvgIpc) is 2.95. The number of fused-ring (bicyclic) bond motifs is 1. The van der Waals surface area contributed by atoms with Gasteiger partial charge in [0.15, 0.2) is 0 Å². The summed E-state index contributed by atoms with van der Waals surface area (Å²) < 4.78 is 12.9. The molecule has 2 aromatic rings. The van der Waals surface area contributed by atoms with Crippen molar-refractivity contribution >= 4 is 48.0 Å². The van der Waals surface area contributed by atoms with E-state index in [1.165, 1.54) is 0 Å². The number of hydrogen-bond acceptors (Lipinski definition) is 5. The molecule has 0 spiro atoms. The minimum absolute atomic E-state index is 0.139. The molecule has 0 fully saturated rings. The fourth-order valence-electron chi connectivity index (χ4n) is 2.15. The van der Waals surface area contributed by atoms with Gasteiger partial charge in [-0.15, -0.1) is 0 Å². The van der Waals surface area contributed by atoms with Crippen molar-refractivity contribution in [3.8, 4) is 0 Å². The molecule has 24 heavy (non-hydrogen) atoms. The summed E-state index contributed by atoms with van der Waals surface area (Å²) in [5, 5.41) is 6.06. The van der Waals surface area contributed by atoms with Crippen molar-refractivity contribution < 1.29 is 9.47 Å². The Balaban J connectivity index is 2.11. The standard InChI is InChI=1S/C15H23ClN4O2SSi/c1-24(2,3)7-6-21-10-20-14-12(8-18-20)11(4-5-13(14)16)9-22-15(23)19-17/h4-5,8H,6-7,9-10,17H2,1-3H3,(H,19,23). The van der Waals surface area contributed by atoms with Gasteiger partial charge in [0.05, 0.1) is 16.7 Å². The highest BCUT2D eigenvalue weighted by Crippen LogP contribution is 2.27. The summed E-state index contributed by atoms with van der Waals surface area (Å²) in [6.45, 7) is 8.37. The van der Waals surface area contributed by atoms with E-state index in [9.17, 15) is 0 Å². The van der Waals surface area contributed by atoms with Gasteiger partial charge in [-0.2, -0.15) is 5.10 Å². The van der Waals surface area contributed by atoms with Crippen LogP contribution < -0.4 is 11.3 Å². The van der Waals surface area contributed by atoms with Crippen LogP contribution in [0.4, 0.5) is 0 Å². The molecule has 1 heterocycles. The number of nitrogens with zero attached hydrogens (tertiary/aromatic N) is 2. The molecule has 1 aromatic carbocycles. The third-order valence-corrected chi connectivity index (χ3v) is 5.77. The number of rotatable bonds is 7. The van der Waals surface area contributed by atoms with Crippen molar-refractivity contribution in [1.29, 1.82) is 0 Å². The summed E-state index contributed by atoms with van der Waals surface area (Å²) in [6, 6.07) is 4.83. The second-order valence-corrected chi connectivity index (χ2v) is 13.1. The van der Waals surface area contributed by atoms with Crippen LogP contribution in [-0.4, -0.2) is 29.6 Å². The van der Waals surface area contributed by atoms with Crippen LogP contribution in [0.1, 0.15) is 5.56 Å². The van der Waals surface area contributed by atoms with Crippen LogP contribution in [0.2, 0.25) is 30.7 Å². The quantitative estimate of drug-likeness (QED) is 0.250. The van der Waals surface area contributed by atoms with E-state index < -0.39 is 8.07 Å². The first-order valence-electron chi connectivity index (χ1n) is 7.66. The highest BCUT2D eigenvalue weighted by Gasteiger charge is 2.14. The van der Waals surface area contributed by atoms with Gasteiger partial charge in [0, 0.05) is 25.6 Å². The fraction of sp³-hybridized carbons (Fsp3) is 0.467. The van der Waals surface area contributed by atoms with Crippen molar-refractivity contribution in [3.63, 3.8) is 0 Å². The van der Waals surface area contributed by atoms with Gasteiger partial charge in [-0.05, 0) is 24.3 Å². The van der Waals surface area contributed by atoms with Gasteiger partial charge < -0.3 is 9.47 Å². The number of nitrogens with two attached hydrogens (primary N) is 1. The number of hydrazine groups is 1. The maximum Gasteiger partial charge on any atom is 0.271 e. The molecule has 6 nitrogen and oxygen atoms in total. The van der Waals surface area contributed by atoms with Gasteiger partial charge in [0.1, 0.15) is 13.3 Å². The molecule has 0 amide bonds. The second kappa shape index (κ2) is 8.26. The molecular weight excluding hydrogens is 364 g/mol. The monoisotopic (exact) mass is 386 g/mol. The number of halogens is 1. The predicted octanol–water partition coefficient (Wildman–Crippen LogP) is 3.27. The first kappa shape index (κ1) is 19.1. The number of nitrogens with one attached hydrogen (secondary N) is 1. The summed E-state index contributed by atoms with van der Waals surface area (Å²) in [4.78, 5) is 0. The lowest BCUT2D eigenvalue weighted by atomic mass is 10.1. The van der Waals surface area contributed by atoms with Crippen LogP contribution in [0.5, 0.6) is 0 Å². The number of benzene rings is 1. The molecule has 9 heteroatoms. The van der Waals surface area contributed by atoms with Crippen LogP contribution in [0.25, 0.3) is 10.9 Å². The van der Waals surface area contributed by atoms with Gasteiger partial charge in [0.25, 0.3) is 5.17 Å². The van der Waals surface area contributed by atoms with Crippen molar-refractivity contribution in [1.82, 2.24) is 15.2 Å². The number of hydrogen-bond donors (Lipinski definition) is 2. The number of ether oxygens (including phenoxy) is 2. The van der Waals surface area contributed by atoms with E-state index >= 15 is 0 Å². The summed E-state index contributed by atoms with van der Waals surface area (Å²) in [7, 11) is -1.10. The van der Waals surface area contributed by atoms with Gasteiger partial charge >= 0.3 is 0 Å². The molecule has 132 valence electrons. The highest BCUT2D eigenvalue weighted by atomic mass is 35.5. The molecule has 2 rings (SSSR count). The van der Waals surface area contributed by atoms with Crippen LogP contribution in [-0.2, 0) is 22.8 Å². The molecule has 3 N–H and O–H groups in total. The fourth-order valence-corrected chi connectivity index (χ4v) is 3.23. The Labute approximate surface area is 153 Å². The molecule has 0 saturated heterocycles. The summed E-state index contributed by atoms with van der Waals surface area (Å²) >= 11 is 11.2. The van der Waals surface area contributed by atoms with Crippen molar-refractivity contribution in [3.05, 3.63) is 28.9 Å². The summed E-state index contributed by atoms with van der Waals surface area (Å²) in [6.07, 6.45) is 1.76. The molecular formula is C15H23ClN4O2SSi. The van der Waals surface area contributed by atoms with Gasteiger partial charge in [-0.3, -0.25) is 5.43 Å². The molecule has 0 aliphatic carbocycles. The Kier molecular flexibility index (Phi) is 6.59. The summed E-state index contributed by atoms with van der Waals surface area (Å²) in [5.74, 6) is 5.21. The van der Waals surface area contributed by atoms with Crippen molar-refractivity contribution in [2.24, 2.45) is 5.84 Å². The summed E-state index contributed by atoms with van der Waals surface area (Å²) in [5.41, 5.74) is 4.05. The van der Waals surface area contributed by atoms with Gasteiger partial charge in [-0.25, -0.2) is 10.5 Å². The topological polar surface area (TPSA) is 74.3 Å². The van der Waals surface area contributed by atoms with E-state index in [1.54, 1.807) is 10.9 Å². The zero-order valence-electron chi connectivity index (χ0n) is 14.1. The molecule has 0 unspecified atom stereocenters. The van der Waals surface area contributed by atoms with Crippen LogP contribution in [0.3, 0.4) is 0 Å². The van der Waals surface area contributed by atoms with Gasteiger partial charge in [0.2, 0.25) is 0 Å². The molecule has 0 bridgehead atoms. The third-order valence-electron chi connectivity index (χ3n) is 3.53. The van der Waals surface area contributed by atoms with Crippen LogP contribution >= 0.6 is 23.8 Å². The van der Waals surface area contributed by atoms with Gasteiger partial charge in [-0.1, -0.05) is 37.3 Å². The zero-order chi connectivity index (χ0) is 17.7. The average molecular weight is 387 g/mol. The van der Waals surface area contributed by atoms with Crippen molar-refractivity contribution in [2.45, 2.75) is 39.0 Å². The maximum absolute atomic E-state index is 6.34. The minimum Gasteiger partial charge on any atom is -0.465 e. The maximum atomic E-state index is 6.34. The van der Waals surface area contributed by atoms with E-state index in [-0.39, 0.29) is 5.17 Å². The Morgan fingerprint density at radius 2 is 2.17 bits per heavy atom. The first-order chi connectivity index (χ1) is 11.3. The van der Waals surface area contributed by atoms with E-state index in [1.807, 2.05) is 12.1 Å². The zero-order valence-corrected chi connectivity index (χ0v) is 16.7. The van der Waals surface area contributed by atoms with Crippen molar-refractivity contribution in [2.75, 3.05) is 6.61 Å². The van der Waals surface area contributed by atoms with E-state index in [0.29, 0.717) is 18.4 Å². The minimum atomic E-state index is -1.10. The van der Waals surface area contributed by atoms with Crippen LogP contribution in [0, 0.1) is 0 Å². The Bertz CT molecular complexity index is 717. The lowest BCUT2D eigenvalue weighted by molar-refractivity contribution is 0.0817. The lowest BCUT2D eigenvalue weighted by Crippen LogP contribution is -2.30. The van der Waals surface area contributed by atoms with E-state index in [0.717, 1.165) is 29.1 Å². The normalized spacial score (nSPS) is 11.7. The first-order valence-corrected chi connectivity index (χ1v) is 12.1. The predicted molar refractivity (Wildman–Crippen MR) is 104 cm³/mol. The SMILES string of the molecule is C[Si](C)(C)CCOCn1ncc2c(COC(=S)NN)ccc(Cl)c21. The molecule has 0 aliphatic heterocycles. The molecule has 0 radical (unpaired) electrons. The highest BCUT2D eigenvalue weighted by molar-refractivity contribution is 7.80. The Morgan fingerprint density at radius 1 is 1.42 bits per heavy atom. The van der Waals surface area contributed by atoms with E-state index in [4.69, 9.17) is 39.1 Å². The molecule has 0 aliphatic rings. The molecule has 1 aromatic heterocycles. The Morgan fingerprint density at radius 3 is 2.83 bits per heavy atom. The Hall–Kier alpha value is -1.19. The third kappa shape index (κ3) is 5.15. The molecule has 0 saturated carbocycles. The molecule has 0 atom stereocenters. The largest absolute Gasteiger partial charge is 0.465 e. The van der Waals surface area contributed by atoms with Crippen LogP contribution in [0.15, 0.2) is 18.3 Å². The number of thiocarbonyl (C=S) groups is 1. The van der Waals surface area contributed by atoms with E-state index in [2.05, 4.69) is 30.2 Å². The number of aromatic nitrogens is 2. The smallest absolute Gasteiger partial charge is 0.271 e.